The fraction of sp³-hybridized carbons (Fsp3) is 0.696. The van der Waals surface area contributed by atoms with Crippen molar-refractivity contribution in [2.24, 2.45) is 34.8 Å². The highest BCUT2D eigenvalue weighted by Crippen LogP contribution is 2.12. The number of hydrogen-bond donors (Lipinski definition) is 17. The molecule has 1 saturated heterocycles. The highest BCUT2D eigenvalue weighted by molar-refractivity contribution is 5.99. The minimum Gasteiger partial charge on any atom is -0.394 e. The van der Waals surface area contributed by atoms with Crippen LogP contribution in [0.5, 0.6) is 0 Å². The molecule has 1 aliphatic heterocycles. The minimum absolute atomic E-state index is 0.00555. The summed E-state index contributed by atoms with van der Waals surface area (Å²) in [6.07, 6.45) is 1.95. The lowest BCUT2D eigenvalue weighted by Crippen LogP contribution is -2.62. The average Bonchev–Trinajstić information content (AvgIpc) is 3.64. The van der Waals surface area contributed by atoms with Gasteiger partial charge in [0.1, 0.15) is 60.4 Å². The van der Waals surface area contributed by atoms with Crippen LogP contribution in [0, 0.1) is 11.8 Å². The second-order valence-corrected chi connectivity index (χ2v) is 22.0. The van der Waals surface area contributed by atoms with Gasteiger partial charge in [0.2, 0.25) is 65.0 Å². The lowest BCUT2D eigenvalue weighted by Gasteiger charge is -2.29. The first-order chi connectivity index (χ1) is 39.9. The summed E-state index contributed by atoms with van der Waals surface area (Å²) in [5, 5.41) is 49.5. The molecule has 0 radical (unpaired) electrons. The molecule has 21 N–H and O–H groups in total. The molecule has 0 spiro atoms. The van der Waals surface area contributed by atoms with Crippen LogP contribution in [0.1, 0.15) is 131 Å². The number of carbonyl (C=O) groups excluding carboxylic acids is 11. The fourth-order valence-electron chi connectivity index (χ4n) is 9.12. The number of aliphatic hydroxyl groups excluding tert-OH is 2. The van der Waals surface area contributed by atoms with Crippen LogP contribution in [0.2, 0.25) is 0 Å². The van der Waals surface area contributed by atoms with Gasteiger partial charge in [0.15, 0.2) is 0 Å². The van der Waals surface area contributed by atoms with Crippen LogP contribution in [0.25, 0.3) is 0 Å². The summed E-state index contributed by atoms with van der Waals surface area (Å²) >= 11 is 0. The molecule has 2 rings (SSSR count). The molecule has 84 heavy (non-hydrogen) atoms. The van der Waals surface area contributed by atoms with Gasteiger partial charge in [0, 0.05) is 19.4 Å². The van der Waals surface area contributed by atoms with Gasteiger partial charge >= 0.3 is 0 Å². The van der Waals surface area contributed by atoms with Crippen molar-refractivity contribution in [3.63, 3.8) is 0 Å². The van der Waals surface area contributed by atoms with Gasteiger partial charge in [0.05, 0.1) is 12.7 Å². The molecule has 0 bridgehead atoms. The Labute approximate surface area is 492 Å². The smallest absolute Gasteiger partial charge is 0.245 e. The molecular weight excluding hydrogens is 1090 g/mol. The molecule has 1 fully saturated rings. The molecule has 11 amide bonds. The van der Waals surface area contributed by atoms with Gasteiger partial charge in [-0.1, -0.05) is 90.6 Å². The monoisotopic (exact) mass is 1190 g/mol. The van der Waals surface area contributed by atoms with Gasteiger partial charge in [-0.05, 0) is 102 Å². The van der Waals surface area contributed by atoms with Gasteiger partial charge < -0.3 is 91.6 Å². The molecule has 11 atom stereocenters. The molecule has 474 valence electrons. The number of unbranched alkanes of at least 4 members (excludes halogenated alkanes) is 4. The molecule has 0 unspecified atom stereocenters. The number of aliphatic hydroxyl groups is 2. The highest BCUT2D eigenvalue weighted by Gasteiger charge is 2.37. The van der Waals surface area contributed by atoms with Gasteiger partial charge in [-0.3, -0.25) is 52.7 Å². The molecule has 1 heterocycles. The molecule has 1 aliphatic rings. The van der Waals surface area contributed by atoms with E-state index in [2.05, 4.69) is 65.4 Å². The maximum absolute atomic E-state index is 14.6. The number of rotatable bonds is 29. The van der Waals surface area contributed by atoms with Crippen molar-refractivity contribution in [3.8, 4) is 0 Å². The van der Waals surface area contributed by atoms with Crippen LogP contribution in [-0.4, -0.2) is 181 Å². The zero-order valence-corrected chi connectivity index (χ0v) is 49.7. The quantitative estimate of drug-likeness (QED) is 0.0338. The predicted molar refractivity (Wildman–Crippen MR) is 313 cm³/mol. The first kappa shape index (κ1) is 73.3. The molecule has 28 nitrogen and oxygen atoms in total. The van der Waals surface area contributed by atoms with Crippen LogP contribution in [0.15, 0.2) is 30.3 Å². The number of amides is 11. The lowest BCUT2D eigenvalue weighted by molar-refractivity contribution is -0.137. The summed E-state index contributed by atoms with van der Waals surface area (Å²) in [5.41, 5.74) is 24.1. The molecule has 28 heteroatoms. The largest absolute Gasteiger partial charge is 0.394 e. The van der Waals surface area contributed by atoms with E-state index in [1.807, 2.05) is 0 Å². The van der Waals surface area contributed by atoms with E-state index in [1.54, 1.807) is 58.0 Å². The molecular formula is C56H97N15O13. The maximum atomic E-state index is 14.6. The Morgan fingerprint density at radius 1 is 0.560 bits per heavy atom. The third kappa shape index (κ3) is 26.8. The molecule has 0 aromatic heterocycles. The predicted octanol–water partition coefficient (Wildman–Crippen LogP) is -4.18. The van der Waals surface area contributed by atoms with Crippen LogP contribution in [0.3, 0.4) is 0 Å². The summed E-state index contributed by atoms with van der Waals surface area (Å²) in [6.45, 7) is 8.57. The van der Waals surface area contributed by atoms with E-state index in [-0.39, 0.29) is 95.9 Å². The van der Waals surface area contributed by atoms with E-state index in [0.29, 0.717) is 12.0 Å². The second-order valence-electron chi connectivity index (χ2n) is 22.0. The highest BCUT2D eigenvalue weighted by atomic mass is 16.3. The van der Waals surface area contributed by atoms with Crippen molar-refractivity contribution in [3.05, 3.63) is 35.9 Å². The molecule has 0 aliphatic carbocycles. The van der Waals surface area contributed by atoms with Gasteiger partial charge in [-0.15, -0.1) is 0 Å². The van der Waals surface area contributed by atoms with Gasteiger partial charge in [-0.2, -0.15) is 0 Å². The van der Waals surface area contributed by atoms with Crippen LogP contribution >= 0.6 is 0 Å². The van der Waals surface area contributed by atoms with Gasteiger partial charge in [0.25, 0.3) is 0 Å². The maximum Gasteiger partial charge on any atom is 0.245 e. The zero-order valence-electron chi connectivity index (χ0n) is 49.7. The summed E-state index contributed by atoms with van der Waals surface area (Å²) in [6, 6.07) is -5.96. The number of carbonyl (C=O) groups is 11. The summed E-state index contributed by atoms with van der Waals surface area (Å²) in [5.74, 6) is -9.90. The Balaban J connectivity index is 2.69. The van der Waals surface area contributed by atoms with Crippen molar-refractivity contribution in [2.45, 2.75) is 198 Å². The number of benzene rings is 1. The Morgan fingerprint density at radius 2 is 1.04 bits per heavy atom. The Bertz CT molecular complexity index is 2280. The lowest BCUT2D eigenvalue weighted by atomic mass is 10.00. The van der Waals surface area contributed by atoms with Crippen molar-refractivity contribution >= 4 is 65.0 Å². The molecule has 1 aromatic rings. The second kappa shape index (κ2) is 39.6. The van der Waals surface area contributed by atoms with Crippen LogP contribution in [0.4, 0.5) is 0 Å². The van der Waals surface area contributed by atoms with Crippen LogP contribution < -0.4 is 81.4 Å². The van der Waals surface area contributed by atoms with E-state index < -0.39 is 145 Å². The summed E-state index contributed by atoms with van der Waals surface area (Å²) in [4.78, 5) is 154. The molecule has 1 aromatic carbocycles. The number of hydrogen-bond acceptors (Lipinski definition) is 17. The average molecular weight is 1190 g/mol. The minimum atomic E-state index is -1.68. The van der Waals surface area contributed by atoms with Crippen molar-refractivity contribution < 1.29 is 63.0 Å². The van der Waals surface area contributed by atoms with Crippen molar-refractivity contribution in [2.75, 3.05) is 39.3 Å². The normalized spacial score (nSPS) is 22.3. The third-order valence-corrected chi connectivity index (χ3v) is 13.7. The summed E-state index contributed by atoms with van der Waals surface area (Å²) < 4.78 is 0. The van der Waals surface area contributed by atoms with Crippen LogP contribution in [-0.2, 0) is 59.2 Å². The Kier molecular flexibility index (Phi) is 34.6. The van der Waals surface area contributed by atoms with E-state index in [4.69, 9.17) is 22.9 Å². The topological polar surface area (TPSA) is 465 Å². The third-order valence-electron chi connectivity index (χ3n) is 13.7. The first-order valence-electron chi connectivity index (χ1n) is 29.4. The van der Waals surface area contributed by atoms with E-state index in [0.717, 1.165) is 25.7 Å². The number of nitrogens with one attached hydrogen (secondary N) is 11. The number of nitrogens with two attached hydrogens (primary N) is 4. The standard InChI is InChI=1S/C56H97N15O13/c1-7-8-9-10-14-17-45(74)62-36(18-23-57)52(80)71-46(34(6)73)56(84)66-39(21-26-60)48(76)65-40-22-27-61-47(75)41(28-32(2)3)67-49(77)38(20-25-59)64-55(83)44(31-72)70-53(81)42(29-33(4)5)68-54(82)43(30-35-15-12-11-13-16-35)69-50(78)37(19-24-58)63-51(40)79/h11-13,15-16,32-34,36-44,46,72-73H,7-10,14,17-31,57-60H2,1-6H3,(H,61,75)(H,62,74)(H,63,79)(H,64,83)(H,65,76)(H,66,84)(H,67,77)(H,68,82)(H,69,78)(H,70,81)(H,71,80)/t34-,36+,37+,38+,39+,40+,41+,42+,43-,44+,46+/m1/s1. The van der Waals surface area contributed by atoms with Gasteiger partial charge in [-0.25, -0.2) is 0 Å². The first-order valence-corrected chi connectivity index (χ1v) is 29.4. The summed E-state index contributed by atoms with van der Waals surface area (Å²) in [7, 11) is 0. The van der Waals surface area contributed by atoms with Crippen molar-refractivity contribution in [1.29, 1.82) is 0 Å². The molecule has 0 saturated carbocycles. The van der Waals surface area contributed by atoms with E-state index >= 15 is 0 Å². The van der Waals surface area contributed by atoms with E-state index in [9.17, 15) is 63.0 Å². The van der Waals surface area contributed by atoms with E-state index in [1.165, 1.54) is 6.92 Å². The van der Waals surface area contributed by atoms with Crippen molar-refractivity contribution in [1.82, 2.24) is 58.5 Å². The fourth-order valence-corrected chi connectivity index (χ4v) is 9.12. The zero-order chi connectivity index (χ0) is 62.9. The SMILES string of the molecule is CCCCCCCC(=O)N[C@@H](CCN)C(=O)N[C@H](C(=O)N[C@@H](CCN)C(=O)N[C@H]1CCNC(=O)[C@H](CC(C)C)NC(=O)[C@H](CCN)NC(=O)[C@H](CO)NC(=O)[C@H](CC(C)C)NC(=O)[C@@H](Cc2ccccc2)NC(=O)[C@H](CCN)NC1=O)[C@@H](C)O. The Hall–Kier alpha value is -6.85. The Morgan fingerprint density at radius 3 is 1.56 bits per heavy atom.